The number of hydrogen-bond donors (Lipinski definition) is 1. The number of nitrogens with zero attached hydrogens (tertiary/aromatic N) is 2. The second-order valence-electron chi connectivity index (χ2n) is 9.82. The third kappa shape index (κ3) is 9.16. The van der Waals surface area contributed by atoms with Crippen molar-refractivity contribution in [1.82, 2.24) is 10.2 Å². The lowest BCUT2D eigenvalue weighted by Crippen LogP contribution is -2.53. The van der Waals surface area contributed by atoms with E-state index in [1.807, 2.05) is 27.7 Å². The van der Waals surface area contributed by atoms with Crippen LogP contribution in [-0.2, 0) is 26.2 Å². The molecule has 0 aromatic heterocycles. The van der Waals surface area contributed by atoms with Crippen molar-refractivity contribution in [2.75, 3.05) is 17.1 Å². The van der Waals surface area contributed by atoms with Crippen LogP contribution in [0.3, 0.4) is 0 Å². The highest BCUT2D eigenvalue weighted by molar-refractivity contribution is 7.92. The first-order valence-electron chi connectivity index (χ1n) is 11.9. The summed E-state index contributed by atoms with van der Waals surface area (Å²) in [5.74, 6) is -1.32. The van der Waals surface area contributed by atoms with E-state index < -0.39 is 27.4 Å². The number of sulfonamides is 1. The SMILES string of the molecule is CC[C@@H](C(=O)NC(C)(C)C)N(Cc1ccc(Cl)c(Cl)c1)C(=O)CCCN(c1ccccc1F)S(C)(=O)=O. The molecule has 11 heteroatoms. The van der Waals surface area contributed by atoms with Crippen LogP contribution in [0.2, 0.25) is 10.0 Å². The maximum Gasteiger partial charge on any atom is 0.243 e. The minimum Gasteiger partial charge on any atom is -0.350 e. The van der Waals surface area contributed by atoms with Crippen molar-refractivity contribution in [1.29, 1.82) is 0 Å². The van der Waals surface area contributed by atoms with Crippen molar-refractivity contribution in [3.8, 4) is 0 Å². The normalized spacial score (nSPS) is 12.6. The van der Waals surface area contributed by atoms with E-state index in [4.69, 9.17) is 23.2 Å². The lowest BCUT2D eigenvalue weighted by Gasteiger charge is -2.33. The first-order chi connectivity index (χ1) is 17.1. The molecule has 2 amide bonds. The molecule has 0 heterocycles. The van der Waals surface area contributed by atoms with Gasteiger partial charge in [-0.1, -0.05) is 48.3 Å². The molecule has 0 saturated carbocycles. The van der Waals surface area contributed by atoms with Gasteiger partial charge in [-0.05, 0) is 63.4 Å². The van der Waals surface area contributed by atoms with Gasteiger partial charge in [0.2, 0.25) is 21.8 Å². The van der Waals surface area contributed by atoms with Crippen molar-refractivity contribution < 1.29 is 22.4 Å². The van der Waals surface area contributed by atoms with Gasteiger partial charge in [-0.25, -0.2) is 12.8 Å². The molecule has 1 N–H and O–H groups in total. The molecule has 0 fully saturated rings. The fraction of sp³-hybridized carbons (Fsp3) is 0.462. The summed E-state index contributed by atoms with van der Waals surface area (Å²) in [6.45, 7) is 7.37. The number of halogens is 3. The number of nitrogens with one attached hydrogen (secondary N) is 1. The van der Waals surface area contributed by atoms with Crippen molar-refractivity contribution >= 4 is 50.7 Å². The maximum absolute atomic E-state index is 14.3. The summed E-state index contributed by atoms with van der Waals surface area (Å²) in [6.07, 6.45) is 1.41. The molecule has 0 aliphatic heterocycles. The largest absolute Gasteiger partial charge is 0.350 e. The van der Waals surface area contributed by atoms with Crippen molar-refractivity contribution in [3.05, 3.63) is 63.9 Å². The lowest BCUT2D eigenvalue weighted by atomic mass is 10.0. The van der Waals surface area contributed by atoms with Crippen molar-refractivity contribution in [2.45, 2.75) is 65.1 Å². The zero-order valence-electron chi connectivity index (χ0n) is 21.7. The zero-order valence-corrected chi connectivity index (χ0v) is 24.1. The van der Waals surface area contributed by atoms with Crippen molar-refractivity contribution in [3.63, 3.8) is 0 Å². The van der Waals surface area contributed by atoms with Gasteiger partial charge in [-0.3, -0.25) is 13.9 Å². The predicted octanol–water partition coefficient (Wildman–Crippen LogP) is 5.40. The second kappa shape index (κ2) is 12.9. The molecule has 204 valence electrons. The Balaban J connectivity index is 2.28. The first-order valence-corrected chi connectivity index (χ1v) is 14.5. The highest BCUT2D eigenvalue weighted by Crippen LogP contribution is 2.25. The quantitative estimate of drug-likeness (QED) is 0.390. The van der Waals surface area contributed by atoms with E-state index in [2.05, 4.69) is 5.32 Å². The van der Waals surface area contributed by atoms with Crippen molar-refractivity contribution in [2.24, 2.45) is 0 Å². The lowest BCUT2D eigenvalue weighted by molar-refractivity contribution is -0.142. The van der Waals surface area contributed by atoms with Crippen LogP contribution >= 0.6 is 23.2 Å². The smallest absolute Gasteiger partial charge is 0.243 e. The van der Waals surface area contributed by atoms with Crippen LogP contribution in [0.15, 0.2) is 42.5 Å². The average Bonchev–Trinajstić information content (AvgIpc) is 2.77. The molecule has 0 spiro atoms. The van der Waals surface area contributed by atoms with E-state index in [1.54, 1.807) is 24.3 Å². The third-order valence-corrected chi connectivity index (χ3v) is 7.41. The van der Waals surface area contributed by atoms with Gasteiger partial charge >= 0.3 is 0 Å². The molecular formula is C26H34Cl2FN3O4S. The molecule has 0 saturated heterocycles. The number of benzene rings is 2. The molecule has 0 unspecified atom stereocenters. The number of carbonyl (C=O) groups excluding carboxylic acids is 2. The number of amides is 2. The van der Waals surface area contributed by atoms with Crippen LogP contribution < -0.4 is 9.62 Å². The molecule has 2 rings (SSSR count). The minimum atomic E-state index is -3.79. The van der Waals surface area contributed by atoms with E-state index in [0.29, 0.717) is 22.0 Å². The van der Waals surface area contributed by atoms with Gasteiger partial charge < -0.3 is 10.2 Å². The number of carbonyl (C=O) groups is 2. The highest BCUT2D eigenvalue weighted by Gasteiger charge is 2.31. The molecule has 37 heavy (non-hydrogen) atoms. The molecule has 2 aromatic carbocycles. The first kappa shape index (κ1) is 30.9. The zero-order chi connectivity index (χ0) is 28.0. The van der Waals surface area contributed by atoms with E-state index in [-0.39, 0.29) is 43.4 Å². The summed E-state index contributed by atoms with van der Waals surface area (Å²) < 4.78 is 40.0. The molecular weight excluding hydrogens is 540 g/mol. The Morgan fingerprint density at radius 2 is 1.73 bits per heavy atom. The summed E-state index contributed by atoms with van der Waals surface area (Å²) in [5.41, 5.74) is 0.105. The maximum atomic E-state index is 14.3. The highest BCUT2D eigenvalue weighted by atomic mass is 35.5. The van der Waals surface area contributed by atoms with E-state index in [9.17, 15) is 22.4 Å². The fourth-order valence-corrected chi connectivity index (χ4v) is 5.13. The fourth-order valence-electron chi connectivity index (χ4n) is 3.84. The molecule has 1 atom stereocenters. The Morgan fingerprint density at radius 3 is 2.27 bits per heavy atom. The van der Waals surface area contributed by atoms with Gasteiger partial charge in [-0.15, -0.1) is 0 Å². The average molecular weight is 575 g/mol. The summed E-state index contributed by atoms with van der Waals surface area (Å²) >= 11 is 12.2. The molecule has 0 aliphatic rings. The Bertz CT molecular complexity index is 1220. The Labute approximate surface area is 229 Å². The monoisotopic (exact) mass is 573 g/mol. The van der Waals surface area contributed by atoms with Gasteiger partial charge in [0.1, 0.15) is 11.9 Å². The minimum absolute atomic E-state index is 0.0545. The summed E-state index contributed by atoms with van der Waals surface area (Å²) in [4.78, 5) is 28.0. The number of rotatable bonds is 11. The van der Waals surface area contributed by atoms with Crippen LogP contribution in [0.25, 0.3) is 0 Å². The van der Waals surface area contributed by atoms with E-state index in [0.717, 1.165) is 10.6 Å². The Kier molecular flexibility index (Phi) is 10.8. The Hall–Kier alpha value is -2.36. The number of para-hydroxylation sites is 1. The Morgan fingerprint density at radius 1 is 1.08 bits per heavy atom. The van der Waals surface area contributed by atoms with Gasteiger partial charge in [-0.2, -0.15) is 0 Å². The van der Waals surface area contributed by atoms with Crippen LogP contribution in [0, 0.1) is 5.82 Å². The van der Waals surface area contributed by atoms with Crippen LogP contribution in [-0.4, -0.2) is 49.5 Å². The van der Waals surface area contributed by atoms with Gasteiger partial charge in [0.15, 0.2) is 0 Å². The third-order valence-electron chi connectivity index (χ3n) is 5.49. The summed E-state index contributed by atoms with van der Waals surface area (Å²) in [5, 5.41) is 3.62. The van der Waals surface area contributed by atoms with E-state index >= 15 is 0 Å². The number of anilines is 1. The van der Waals surface area contributed by atoms with Crippen LogP contribution in [0.1, 0.15) is 52.5 Å². The van der Waals surface area contributed by atoms with Crippen LogP contribution in [0.4, 0.5) is 10.1 Å². The number of hydrogen-bond acceptors (Lipinski definition) is 4. The summed E-state index contributed by atoms with van der Waals surface area (Å²) in [7, 11) is -3.79. The summed E-state index contributed by atoms with van der Waals surface area (Å²) in [6, 6.07) is 9.79. The van der Waals surface area contributed by atoms with Crippen LogP contribution in [0.5, 0.6) is 0 Å². The molecule has 7 nitrogen and oxygen atoms in total. The second-order valence-corrected chi connectivity index (χ2v) is 12.5. The van der Waals surface area contributed by atoms with Gasteiger partial charge in [0, 0.05) is 25.0 Å². The van der Waals surface area contributed by atoms with Gasteiger partial charge in [0.25, 0.3) is 0 Å². The van der Waals surface area contributed by atoms with E-state index in [1.165, 1.54) is 23.1 Å². The molecule has 2 aromatic rings. The van der Waals surface area contributed by atoms with Gasteiger partial charge in [0.05, 0.1) is 22.0 Å². The standard InChI is InChI=1S/C26H34Cl2FN3O4S/c1-6-22(25(34)30-26(2,3)4)31(17-18-13-14-19(27)20(28)16-18)24(33)12-9-15-32(37(5,35)36)23-11-8-7-10-21(23)29/h7-8,10-11,13-14,16,22H,6,9,12,15,17H2,1-5H3,(H,30,34)/t22-/m0/s1. The molecule has 0 aliphatic carbocycles. The predicted molar refractivity (Wildman–Crippen MR) is 147 cm³/mol. The molecule has 0 bridgehead atoms. The topological polar surface area (TPSA) is 86.8 Å². The molecule has 0 radical (unpaired) electrons.